The van der Waals surface area contributed by atoms with Crippen LogP contribution < -0.4 is 14.8 Å². The van der Waals surface area contributed by atoms with Crippen LogP contribution in [-0.2, 0) is 0 Å². The van der Waals surface area contributed by atoms with Gasteiger partial charge in [0.1, 0.15) is 0 Å². The molecule has 0 saturated heterocycles. The molecule has 1 aliphatic heterocycles. The number of pyridine rings is 1. The number of nitrogens with one attached hydrogen (secondary N) is 1. The average Bonchev–Trinajstić information content (AvgIpc) is 2.80. The van der Waals surface area contributed by atoms with E-state index in [9.17, 15) is 4.79 Å². The summed E-state index contributed by atoms with van der Waals surface area (Å²) in [6.07, 6.45) is 4.27. The Morgan fingerprint density at radius 2 is 1.86 bits per heavy atom. The largest absolute Gasteiger partial charge is 0.490 e. The Kier molecular flexibility index (Phi) is 4.23. The zero-order valence-corrected chi connectivity index (χ0v) is 12.4. The molecule has 0 saturated carbocycles. The molecule has 1 amide bonds. The van der Waals surface area contributed by atoms with E-state index in [4.69, 9.17) is 9.47 Å². The van der Waals surface area contributed by atoms with Crippen molar-refractivity contribution in [3.63, 3.8) is 0 Å². The van der Waals surface area contributed by atoms with E-state index in [1.54, 1.807) is 30.6 Å². The number of nitrogens with zero attached hydrogens (tertiary/aromatic N) is 1. The number of ether oxygens (including phenoxy) is 2. The molecule has 0 fully saturated rings. The summed E-state index contributed by atoms with van der Waals surface area (Å²) >= 11 is 0. The van der Waals surface area contributed by atoms with Crippen LogP contribution in [0.15, 0.2) is 42.7 Å². The second-order valence-electron chi connectivity index (χ2n) is 5.19. The average molecular weight is 298 g/mol. The Morgan fingerprint density at radius 1 is 1.14 bits per heavy atom. The van der Waals surface area contributed by atoms with Crippen molar-refractivity contribution in [1.82, 2.24) is 10.3 Å². The van der Waals surface area contributed by atoms with E-state index in [2.05, 4.69) is 10.3 Å². The molecule has 114 valence electrons. The topological polar surface area (TPSA) is 60.5 Å². The van der Waals surface area contributed by atoms with E-state index in [1.165, 1.54) is 0 Å². The van der Waals surface area contributed by atoms with Gasteiger partial charge in [-0.15, -0.1) is 0 Å². The number of benzene rings is 1. The highest BCUT2D eigenvalue weighted by Crippen LogP contribution is 2.30. The molecule has 22 heavy (non-hydrogen) atoms. The number of carbonyl (C=O) groups excluding carboxylic acids is 1. The molecule has 1 atom stereocenters. The molecule has 1 unspecified atom stereocenters. The first-order chi connectivity index (χ1) is 10.7. The first-order valence-electron chi connectivity index (χ1n) is 7.34. The number of hydrogen-bond acceptors (Lipinski definition) is 4. The predicted octanol–water partition coefficient (Wildman–Crippen LogP) is 2.73. The maximum absolute atomic E-state index is 12.4. The SMILES string of the molecule is CC(NC(=O)c1ccc2c(c1)OCCCO2)c1ccncc1. The van der Waals surface area contributed by atoms with Gasteiger partial charge in [-0.1, -0.05) is 0 Å². The van der Waals surface area contributed by atoms with Crippen LogP contribution in [0.1, 0.15) is 35.3 Å². The van der Waals surface area contributed by atoms with Crippen LogP contribution in [0.3, 0.4) is 0 Å². The Balaban J connectivity index is 1.74. The van der Waals surface area contributed by atoms with Gasteiger partial charge in [0, 0.05) is 24.4 Å². The van der Waals surface area contributed by atoms with E-state index in [0.29, 0.717) is 30.3 Å². The van der Waals surface area contributed by atoms with Gasteiger partial charge in [-0.05, 0) is 42.8 Å². The number of carbonyl (C=O) groups is 1. The van der Waals surface area contributed by atoms with Crippen LogP contribution >= 0.6 is 0 Å². The number of amides is 1. The summed E-state index contributed by atoms with van der Waals surface area (Å²) in [5.41, 5.74) is 1.57. The monoisotopic (exact) mass is 298 g/mol. The molecule has 2 heterocycles. The van der Waals surface area contributed by atoms with Crippen molar-refractivity contribution < 1.29 is 14.3 Å². The molecule has 1 aromatic heterocycles. The molecule has 1 aliphatic rings. The second-order valence-corrected chi connectivity index (χ2v) is 5.19. The van der Waals surface area contributed by atoms with Crippen LogP contribution in [0, 0.1) is 0 Å². The summed E-state index contributed by atoms with van der Waals surface area (Å²) in [6.45, 7) is 3.18. The Bertz CT molecular complexity index is 658. The van der Waals surface area contributed by atoms with Crippen molar-refractivity contribution in [1.29, 1.82) is 0 Å². The van der Waals surface area contributed by atoms with E-state index in [0.717, 1.165) is 12.0 Å². The summed E-state index contributed by atoms with van der Waals surface area (Å²) < 4.78 is 11.2. The van der Waals surface area contributed by atoms with Gasteiger partial charge in [-0.25, -0.2) is 0 Å². The van der Waals surface area contributed by atoms with Crippen molar-refractivity contribution in [3.05, 3.63) is 53.9 Å². The van der Waals surface area contributed by atoms with Gasteiger partial charge in [0.05, 0.1) is 19.3 Å². The molecule has 5 heteroatoms. The minimum atomic E-state index is -0.139. The van der Waals surface area contributed by atoms with Crippen LogP contribution in [-0.4, -0.2) is 24.1 Å². The molecule has 0 bridgehead atoms. The lowest BCUT2D eigenvalue weighted by Crippen LogP contribution is -2.26. The van der Waals surface area contributed by atoms with Crippen LogP contribution in [0.25, 0.3) is 0 Å². The maximum atomic E-state index is 12.4. The summed E-state index contributed by atoms with van der Waals surface area (Å²) in [6, 6.07) is 8.95. The molecule has 0 radical (unpaired) electrons. The van der Waals surface area contributed by atoms with Gasteiger partial charge in [0.15, 0.2) is 11.5 Å². The van der Waals surface area contributed by atoms with Crippen molar-refractivity contribution >= 4 is 5.91 Å². The zero-order chi connectivity index (χ0) is 15.4. The quantitative estimate of drug-likeness (QED) is 0.946. The fourth-order valence-corrected chi connectivity index (χ4v) is 2.32. The molecule has 3 rings (SSSR count). The van der Waals surface area contributed by atoms with Gasteiger partial charge >= 0.3 is 0 Å². The minimum absolute atomic E-state index is 0.0912. The highest BCUT2D eigenvalue weighted by Gasteiger charge is 2.16. The highest BCUT2D eigenvalue weighted by atomic mass is 16.5. The van der Waals surface area contributed by atoms with Crippen LogP contribution in [0.2, 0.25) is 0 Å². The minimum Gasteiger partial charge on any atom is -0.490 e. The molecule has 5 nitrogen and oxygen atoms in total. The highest BCUT2D eigenvalue weighted by molar-refractivity contribution is 5.95. The zero-order valence-electron chi connectivity index (χ0n) is 12.4. The molecular formula is C17H18N2O3. The fraction of sp³-hybridized carbons (Fsp3) is 0.294. The van der Waals surface area contributed by atoms with E-state index >= 15 is 0 Å². The van der Waals surface area contributed by atoms with Crippen LogP contribution in [0.4, 0.5) is 0 Å². The lowest BCUT2D eigenvalue weighted by molar-refractivity contribution is 0.0939. The standard InChI is InChI=1S/C17H18N2O3/c1-12(13-5-7-18-8-6-13)19-17(20)14-3-4-15-16(11-14)22-10-2-9-21-15/h3-8,11-12H,2,9-10H2,1H3,(H,19,20). The number of rotatable bonds is 3. The molecule has 2 aromatic rings. The maximum Gasteiger partial charge on any atom is 0.251 e. The van der Waals surface area contributed by atoms with Gasteiger partial charge in [-0.2, -0.15) is 0 Å². The van der Waals surface area contributed by atoms with Crippen molar-refractivity contribution in [2.45, 2.75) is 19.4 Å². The van der Waals surface area contributed by atoms with Crippen molar-refractivity contribution in [2.24, 2.45) is 0 Å². The molecule has 0 aliphatic carbocycles. The molecule has 0 spiro atoms. The van der Waals surface area contributed by atoms with Crippen LogP contribution in [0.5, 0.6) is 11.5 Å². The summed E-state index contributed by atoms with van der Waals surface area (Å²) in [5, 5.41) is 2.97. The molecule has 1 N–H and O–H groups in total. The lowest BCUT2D eigenvalue weighted by atomic mass is 10.1. The number of hydrogen-bond donors (Lipinski definition) is 1. The second kappa shape index (κ2) is 6.47. The number of fused-ring (bicyclic) bond motifs is 1. The lowest BCUT2D eigenvalue weighted by Gasteiger charge is -2.15. The summed E-state index contributed by atoms with van der Waals surface area (Å²) in [4.78, 5) is 16.4. The smallest absolute Gasteiger partial charge is 0.251 e. The van der Waals surface area contributed by atoms with Gasteiger partial charge in [-0.3, -0.25) is 9.78 Å². The first-order valence-corrected chi connectivity index (χ1v) is 7.34. The Labute approximate surface area is 129 Å². The Hall–Kier alpha value is -2.56. The third-order valence-electron chi connectivity index (χ3n) is 3.56. The summed E-state index contributed by atoms with van der Waals surface area (Å²) in [5.74, 6) is 1.18. The van der Waals surface area contributed by atoms with E-state index in [-0.39, 0.29) is 11.9 Å². The predicted molar refractivity (Wildman–Crippen MR) is 82.2 cm³/mol. The Morgan fingerprint density at radius 3 is 2.64 bits per heavy atom. The van der Waals surface area contributed by atoms with Gasteiger partial charge in [0.25, 0.3) is 5.91 Å². The molecule has 1 aromatic carbocycles. The summed E-state index contributed by atoms with van der Waals surface area (Å²) in [7, 11) is 0. The van der Waals surface area contributed by atoms with Crippen molar-refractivity contribution in [2.75, 3.05) is 13.2 Å². The number of aromatic nitrogens is 1. The van der Waals surface area contributed by atoms with Gasteiger partial charge < -0.3 is 14.8 Å². The normalized spacial score (nSPS) is 14.8. The van der Waals surface area contributed by atoms with E-state index < -0.39 is 0 Å². The van der Waals surface area contributed by atoms with E-state index in [1.807, 2.05) is 19.1 Å². The third kappa shape index (κ3) is 3.19. The third-order valence-corrected chi connectivity index (χ3v) is 3.56. The first kappa shape index (κ1) is 14.4. The fourth-order valence-electron chi connectivity index (χ4n) is 2.32. The molecular weight excluding hydrogens is 280 g/mol. The van der Waals surface area contributed by atoms with Crippen molar-refractivity contribution in [3.8, 4) is 11.5 Å². The van der Waals surface area contributed by atoms with Gasteiger partial charge in [0.2, 0.25) is 0 Å².